The number of allylic oxidation sites excluding steroid dienone is 1. The third-order valence-electron chi connectivity index (χ3n) is 4.22. The van der Waals surface area contributed by atoms with Gasteiger partial charge < -0.3 is 10.1 Å². The number of hydrogen-bond acceptors (Lipinski definition) is 7. The Morgan fingerprint density at radius 1 is 1.43 bits per heavy atom. The van der Waals surface area contributed by atoms with Crippen LogP contribution in [0.2, 0.25) is 0 Å². The van der Waals surface area contributed by atoms with E-state index in [9.17, 15) is 23.3 Å². The Hall–Kier alpha value is -2.49. The van der Waals surface area contributed by atoms with Crippen molar-refractivity contribution in [3.63, 3.8) is 0 Å². The number of aromatic nitrogens is 1. The van der Waals surface area contributed by atoms with E-state index in [-0.39, 0.29) is 17.4 Å². The molecule has 0 aliphatic heterocycles. The minimum Gasteiger partial charge on any atom is -0.444 e. The monoisotopic (exact) mass is 411 g/mol. The largest absolute Gasteiger partial charge is 0.444 e. The fourth-order valence-electron chi connectivity index (χ4n) is 3.16. The van der Waals surface area contributed by atoms with E-state index in [1.54, 1.807) is 32.9 Å². The molecule has 0 radical (unpaired) electrons. The molecule has 154 valence electrons. The molecule has 0 saturated carbocycles. The number of rotatable bonds is 5. The van der Waals surface area contributed by atoms with Crippen LogP contribution in [0.3, 0.4) is 0 Å². The molecule has 0 bridgehead atoms. The van der Waals surface area contributed by atoms with E-state index in [0.29, 0.717) is 24.0 Å². The molecule has 1 aliphatic rings. The Kier molecular flexibility index (Phi) is 6.43. The molecule has 1 N–H and O–H groups in total. The van der Waals surface area contributed by atoms with Gasteiger partial charge in [-0.3, -0.25) is 15.1 Å². The molecule has 2 rings (SSSR count). The van der Waals surface area contributed by atoms with Crippen molar-refractivity contribution in [3.05, 3.63) is 40.2 Å². The van der Waals surface area contributed by atoms with Gasteiger partial charge in [-0.2, -0.15) is 0 Å². The second-order valence-electron chi connectivity index (χ2n) is 7.91. The van der Waals surface area contributed by atoms with Crippen molar-refractivity contribution in [1.29, 1.82) is 0 Å². The van der Waals surface area contributed by atoms with E-state index in [4.69, 9.17) is 4.74 Å². The molecular weight excluding hydrogens is 386 g/mol. The molecule has 1 aromatic heterocycles. The number of ether oxygens (including phenoxy) is 1. The van der Waals surface area contributed by atoms with Gasteiger partial charge in [0, 0.05) is 12.5 Å². The molecular formula is C18H25N3O6S. The zero-order valence-electron chi connectivity index (χ0n) is 16.3. The number of sulfone groups is 1. The SMILES string of the molecule is CC(C)(C)OC(=O)NC1C=C(c2ccncc2[N+](=O)[O-])CCC1CS(C)(=O)=O. The Balaban J connectivity index is 2.36. The van der Waals surface area contributed by atoms with E-state index < -0.39 is 32.5 Å². The van der Waals surface area contributed by atoms with Gasteiger partial charge in [-0.1, -0.05) is 6.08 Å². The lowest BCUT2D eigenvalue weighted by Crippen LogP contribution is -2.45. The van der Waals surface area contributed by atoms with Gasteiger partial charge in [0.15, 0.2) is 0 Å². The number of amides is 1. The fraction of sp³-hybridized carbons (Fsp3) is 0.556. The molecule has 1 aromatic rings. The van der Waals surface area contributed by atoms with Crippen LogP contribution in [0.5, 0.6) is 0 Å². The predicted molar refractivity (Wildman–Crippen MR) is 104 cm³/mol. The standard InChI is InChI=1S/C18H25N3O6S/c1-18(2,3)27-17(22)20-15-9-12(5-6-13(15)11-28(4,25)26)14-7-8-19-10-16(14)21(23)24/h7-10,13,15H,5-6,11H2,1-4H3,(H,20,22). The van der Waals surface area contributed by atoms with Crippen LogP contribution in [0, 0.1) is 16.0 Å². The highest BCUT2D eigenvalue weighted by Gasteiger charge is 2.32. The first-order chi connectivity index (χ1) is 12.9. The maximum Gasteiger partial charge on any atom is 0.408 e. The van der Waals surface area contributed by atoms with Crippen LogP contribution in [0.1, 0.15) is 39.2 Å². The normalized spacial score (nSPS) is 20.2. The van der Waals surface area contributed by atoms with Crippen LogP contribution in [0.25, 0.3) is 5.57 Å². The molecule has 0 spiro atoms. The van der Waals surface area contributed by atoms with Gasteiger partial charge in [0.1, 0.15) is 21.6 Å². The first-order valence-electron chi connectivity index (χ1n) is 8.82. The van der Waals surface area contributed by atoms with Gasteiger partial charge >= 0.3 is 6.09 Å². The number of nitrogens with zero attached hydrogens (tertiary/aromatic N) is 2. The van der Waals surface area contributed by atoms with Crippen LogP contribution in [-0.2, 0) is 14.6 Å². The van der Waals surface area contributed by atoms with Crippen molar-refractivity contribution < 1.29 is 22.9 Å². The lowest BCUT2D eigenvalue weighted by Gasteiger charge is -2.31. The summed E-state index contributed by atoms with van der Waals surface area (Å²) in [6, 6.07) is 0.923. The average molecular weight is 411 g/mol. The summed E-state index contributed by atoms with van der Waals surface area (Å²) in [7, 11) is -3.27. The van der Waals surface area contributed by atoms with Gasteiger partial charge in [-0.15, -0.1) is 0 Å². The molecule has 2 atom stereocenters. The van der Waals surface area contributed by atoms with E-state index in [1.165, 1.54) is 12.4 Å². The summed E-state index contributed by atoms with van der Waals surface area (Å²) >= 11 is 0. The first-order valence-corrected chi connectivity index (χ1v) is 10.9. The number of alkyl carbamates (subject to hydrolysis) is 1. The van der Waals surface area contributed by atoms with Crippen molar-refractivity contribution in [2.24, 2.45) is 5.92 Å². The second-order valence-corrected chi connectivity index (χ2v) is 10.1. The third-order valence-corrected chi connectivity index (χ3v) is 5.25. The zero-order valence-corrected chi connectivity index (χ0v) is 17.2. The Morgan fingerprint density at radius 2 is 2.11 bits per heavy atom. The van der Waals surface area contributed by atoms with Gasteiger partial charge in [-0.05, 0) is 51.2 Å². The lowest BCUT2D eigenvalue weighted by atomic mass is 9.84. The van der Waals surface area contributed by atoms with E-state index in [2.05, 4.69) is 10.3 Å². The van der Waals surface area contributed by atoms with Crippen LogP contribution >= 0.6 is 0 Å². The number of nitro groups is 1. The topological polar surface area (TPSA) is 128 Å². The van der Waals surface area contributed by atoms with E-state index >= 15 is 0 Å². The number of hydrogen-bond donors (Lipinski definition) is 1. The minimum absolute atomic E-state index is 0.102. The van der Waals surface area contributed by atoms with Crippen molar-refractivity contribution in [1.82, 2.24) is 10.3 Å². The average Bonchev–Trinajstić information content (AvgIpc) is 2.53. The maximum atomic E-state index is 12.2. The summed E-state index contributed by atoms with van der Waals surface area (Å²) in [4.78, 5) is 26.8. The lowest BCUT2D eigenvalue weighted by molar-refractivity contribution is -0.385. The molecule has 0 aromatic carbocycles. The summed E-state index contributed by atoms with van der Waals surface area (Å²) in [6.45, 7) is 5.18. The molecule has 1 aliphatic carbocycles. The number of carbonyl (C=O) groups is 1. The van der Waals surface area contributed by atoms with Crippen molar-refractivity contribution in [2.75, 3.05) is 12.0 Å². The molecule has 1 heterocycles. The molecule has 9 nitrogen and oxygen atoms in total. The van der Waals surface area contributed by atoms with Crippen molar-refractivity contribution in [2.45, 2.75) is 45.3 Å². The first kappa shape index (κ1) is 21.8. The molecule has 0 fully saturated rings. The fourth-order valence-corrected chi connectivity index (χ4v) is 4.31. The Labute approximate surface area is 164 Å². The summed E-state index contributed by atoms with van der Waals surface area (Å²) < 4.78 is 28.9. The number of nitrogens with one attached hydrogen (secondary N) is 1. The van der Waals surface area contributed by atoms with Crippen LogP contribution < -0.4 is 5.32 Å². The van der Waals surface area contributed by atoms with Crippen molar-refractivity contribution in [3.8, 4) is 0 Å². The molecule has 10 heteroatoms. The summed E-state index contributed by atoms with van der Waals surface area (Å²) in [5, 5.41) is 14.0. The highest BCUT2D eigenvalue weighted by Crippen LogP contribution is 2.35. The Morgan fingerprint density at radius 3 is 2.68 bits per heavy atom. The molecule has 28 heavy (non-hydrogen) atoms. The second kappa shape index (κ2) is 8.26. The zero-order chi connectivity index (χ0) is 21.1. The molecule has 2 unspecified atom stereocenters. The number of carbonyl (C=O) groups excluding carboxylic acids is 1. The highest BCUT2D eigenvalue weighted by molar-refractivity contribution is 7.90. The van der Waals surface area contributed by atoms with Crippen LogP contribution in [0.15, 0.2) is 24.5 Å². The Bertz CT molecular complexity index is 889. The summed E-state index contributed by atoms with van der Waals surface area (Å²) in [6.07, 6.45) is 5.71. The van der Waals surface area contributed by atoms with E-state index in [1.807, 2.05) is 0 Å². The maximum absolute atomic E-state index is 12.2. The molecule has 0 saturated heterocycles. The van der Waals surface area contributed by atoms with Gasteiger partial charge in [-0.25, -0.2) is 13.2 Å². The van der Waals surface area contributed by atoms with Gasteiger partial charge in [0.05, 0.1) is 22.3 Å². The minimum atomic E-state index is -3.27. The van der Waals surface area contributed by atoms with E-state index in [0.717, 1.165) is 6.26 Å². The third kappa shape index (κ3) is 6.29. The smallest absolute Gasteiger partial charge is 0.408 e. The summed E-state index contributed by atoms with van der Waals surface area (Å²) in [5.41, 5.74) is 0.238. The van der Waals surface area contributed by atoms with Crippen LogP contribution in [-0.4, -0.2) is 48.1 Å². The summed E-state index contributed by atoms with van der Waals surface area (Å²) in [5.74, 6) is -0.456. The quantitative estimate of drug-likeness (QED) is 0.582. The number of pyridine rings is 1. The van der Waals surface area contributed by atoms with Crippen molar-refractivity contribution >= 4 is 27.2 Å². The van der Waals surface area contributed by atoms with Crippen LogP contribution in [0.4, 0.5) is 10.5 Å². The van der Waals surface area contributed by atoms with Gasteiger partial charge in [0.2, 0.25) is 0 Å². The van der Waals surface area contributed by atoms with Gasteiger partial charge in [0.25, 0.3) is 5.69 Å². The predicted octanol–water partition coefficient (Wildman–Crippen LogP) is 2.72. The highest BCUT2D eigenvalue weighted by atomic mass is 32.2. The molecule has 1 amide bonds.